The summed E-state index contributed by atoms with van der Waals surface area (Å²) in [5.41, 5.74) is -0.536. The van der Waals surface area contributed by atoms with Gasteiger partial charge in [-0.2, -0.15) is 0 Å². The molecule has 0 saturated carbocycles. The van der Waals surface area contributed by atoms with E-state index < -0.39 is 17.5 Å². The number of carbonyl (C=O) groups is 2. The number of carbonyl (C=O) groups excluding carboxylic acids is 2. The van der Waals surface area contributed by atoms with Gasteiger partial charge in [-0.25, -0.2) is 4.79 Å². The Balaban J connectivity index is 2.79. The van der Waals surface area contributed by atoms with Crippen LogP contribution in [0.1, 0.15) is 53.9 Å². The Morgan fingerprint density at radius 1 is 1.47 bits per heavy atom. The minimum Gasteiger partial charge on any atom is -0.463 e. The lowest BCUT2D eigenvalue weighted by molar-refractivity contribution is -0.171. The van der Waals surface area contributed by atoms with Crippen LogP contribution in [0.25, 0.3) is 0 Å². The maximum atomic E-state index is 12.5. The van der Waals surface area contributed by atoms with E-state index in [9.17, 15) is 9.59 Å². The van der Waals surface area contributed by atoms with Crippen molar-refractivity contribution in [3.8, 4) is 0 Å². The van der Waals surface area contributed by atoms with Gasteiger partial charge >= 0.3 is 11.9 Å². The molecule has 110 valence electrons. The zero-order valence-corrected chi connectivity index (χ0v) is 12.7. The number of hydrogen-bond donors (Lipinski definition) is 0. The predicted molar refractivity (Wildman–Crippen MR) is 72.5 cm³/mol. The van der Waals surface area contributed by atoms with Crippen LogP contribution in [0.3, 0.4) is 0 Å². The zero-order chi connectivity index (χ0) is 14.6. The van der Waals surface area contributed by atoms with E-state index in [1.54, 1.807) is 0 Å². The third-order valence-corrected chi connectivity index (χ3v) is 4.14. The summed E-state index contributed by atoms with van der Waals surface area (Å²) in [6.45, 7) is 10.6. The van der Waals surface area contributed by atoms with E-state index in [2.05, 4.69) is 27.7 Å². The fraction of sp³-hybridized carbons (Fsp3) is 0.867. The van der Waals surface area contributed by atoms with Crippen molar-refractivity contribution < 1.29 is 19.1 Å². The molecule has 0 aromatic heterocycles. The summed E-state index contributed by atoms with van der Waals surface area (Å²) in [7, 11) is 0. The molecule has 3 atom stereocenters. The fourth-order valence-corrected chi connectivity index (χ4v) is 2.63. The lowest BCUT2D eigenvalue weighted by atomic mass is 9.71. The molecule has 1 rings (SSSR count). The van der Waals surface area contributed by atoms with Crippen molar-refractivity contribution in [1.82, 2.24) is 0 Å². The molecule has 1 saturated heterocycles. The Morgan fingerprint density at radius 2 is 2.11 bits per heavy atom. The molecule has 4 heteroatoms. The molecule has 0 spiro atoms. The van der Waals surface area contributed by atoms with Crippen LogP contribution in [0.15, 0.2) is 0 Å². The standard InChI is InChI=1S/C15H26O4/c1-6-11(4)15(5,9-10(2)3)14(17)19-12-7-8-18-13(12)16/h10-12H,6-9H2,1-5H3. The number of hydrogen-bond acceptors (Lipinski definition) is 4. The van der Waals surface area contributed by atoms with Crippen molar-refractivity contribution in [3.63, 3.8) is 0 Å². The van der Waals surface area contributed by atoms with Gasteiger partial charge < -0.3 is 9.47 Å². The third kappa shape index (κ3) is 3.71. The molecule has 0 N–H and O–H groups in total. The summed E-state index contributed by atoms with van der Waals surface area (Å²) in [6, 6.07) is 0. The minimum absolute atomic E-state index is 0.222. The van der Waals surface area contributed by atoms with Crippen LogP contribution in [0.4, 0.5) is 0 Å². The summed E-state index contributed by atoms with van der Waals surface area (Å²) in [6.07, 6.45) is 1.45. The number of rotatable bonds is 6. The van der Waals surface area contributed by atoms with E-state index in [0.29, 0.717) is 18.9 Å². The van der Waals surface area contributed by atoms with Crippen LogP contribution < -0.4 is 0 Å². The highest BCUT2D eigenvalue weighted by Gasteiger charge is 2.42. The Kier molecular flexibility index (Phi) is 5.39. The van der Waals surface area contributed by atoms with Crippen molar-refractivity contribution in [2.45, 2.75) is 60.0 Å². The van der Waals surface area contributed by atoms with E-state index in [4.69, 9.17) is 9.47 Å². The first-order chi connectivity index (χ1) is 8.81. The van der Waals surface area contributed by atoms with Crippen LogP contribution >= 0.6 is 0 Å². The van der Waals surface area contributed by atoms with Crippen LogP contribution in [-0.2, 0) is 19.1 Å². The Morgan fingerprint density at radius 3 is 2.53 bits per heavy atom. The second kappa shape index (κ2) is 6.40. The maximum Gasteiger partial charge on any atom is 0.347 e. The molecular formula is C15H26O4. The molecule has 0 amide bonds. The first-order valence-electron chi connectivity index (χ1n) is 7.19. The topological polar surface area (TPSA) is 52.6 Å². The highest BCUT2D eigenvalue weighted by atomic mass is 16.6. The van der Waals surface area contributed by atoms with Gasteiger partial charge in [0.2, 0.25) is 6.10 Å². The van der Waals surface area contributed by atoms with Gasteiger partial charge in [-0.15, -0.1) is 0 Å². The SMILES string of the molecule is CCC(C)C(C)(CC(C)C)C(=O)OC1CCOC1=O. The second-order valence-corrected chi connectivity index (χ2v) is 6.17. The molecule has 1 aliphatic heterocycles. The average Bonchev–Trinajstić information content (AvgIpc) is 2.72. The normalized spacial score (nSPS) is 23.9. The Labute approximate surface area is 115 Å². The van der Waals surface area contributed by atoms with E-state index in [0.717, 1.165) is 12.8 Å². The number of esters is 2. The van der Waals surface area contributed by atoms with Crippen LogP contribution in [0.5, 0.6) is 0 Å². The predicted octanol–water partition coefficient (Wildman–Crippen LogP) is 2.94. The van der Waals surface area contributed by atoms with Crippen molar-refractivity contribution in [2.24, 2.45) is 17.3 Å². The molecule has 0 aliphatic carbocycles. The molecule has 0 bridgehead atoms. The first kappa shape index (κ1) is 16.0. The molecule has 1 fully saturated rings. The van der Waals surface area contributed by atoms with Gasteiger partial charge in [0.05, 0.1) is 12.0 Å². The molecule has 4 nitrogen and oxygen atoms in total. The minimum atomic E-state index is -0.706. The van der Waals surface area contributed by atoms with Crippen molar-refractivity contribution >= 4 is 11.9 Å². The van der Waals surface area contributed by atoms with E-state index in [1.807, 2.05) is 6.92 Å². The molecule has 0 aromatic carbocycles. The van der Waals surface area contributed by atoms with Gasteiger partial charge in [-0.05, 0) is 25.2 Å². The lowest BCUT2D eigenvalue weighted by Gasteiger charge is -2.35. The Bertz CT molecular complexity index is 337. The van der Waals surface area contributed by atoms with Gasteiger partial charge in [-0.3, -0.25) is 4.79 Å². The largest absolute Gasteiger partial charge is 0.463 e. The summed E-state index contributed by atoms with van der Waals surface area (Å²) >= 11 is 0. The number of cyclic esters (lactones) is 1. The van der Waals surface area contributed by atoms with Crippen molar-refractivity contribution in [3.05, 3.63) is 0 Å². The third-order valence-electron chi connectivity index (χ3n) is 4.14. The molecule has 1 heterocycles. The first-order valence-corrected chi connectivity index (χ1v) is 7.19. The monoisotopic (exact) mass is 270 g/mol. The molecule has 3 unspecified atom stereocenters. The maximum absolute atomic E-state index is 12.5. The summed E-state index contributed by atoms with van der Waals surface area (Å²) < 4.78 is 10.2. The highest BCUT2D eigenvalue weighted by Crippen LogP contribution is 2.38. The zero-order valence-electron chi connectivity index (χ0n) is 12.7. The van der Waals surface area contributed by atoms with Crippen molar-refractivity contribution in [1.29, 1.82) is 0 Å². The van der Waals surface area contributed by atoms with E-state index >= 15 is 0 Å². The quantitative estimate of drug-likeness (QED) is 0.696. The summed E-state index contributed by atoms with van der Waals surface area (Å²) in [4.78, 5) is 23.9. The Hall–Kier alpha value is -1.06. The molecule has 19 heavy (non-hydrogen) atoms. The van der Waals surface area contributed by atoms with E-state index in [1.165, 1.54) is 0 Å². The highest BCUT2D eigenvalue weighted by molar-refractivity contribution is 5.83. The number of ether oxygens (including phenoxy) is 2. The molecule has 0 radical (unpaired) electrons. The van der Waals surface area contributed by atoms with Crippen LogP contribution in [-0.4, -0.2) is 24.6 Å². The van der Waals surface area contributed by atoms with Gasteiger partial charge in [0.1, 0.15) is 0 Å². The summed E-state index contributed by atoms with van der Waals surface area (Å²) in [5.74, 6) is -0.0503. The average molecular weight is 270 g/mol. The smallest absolute Gasteiger partial charge is 0.347 e. The summed E-state index contributed by atoms with van der Waals surface area (Å²) in [5, 5.41) is 0. The van der Waals surface area contributed by atoms with Gasteiger partial charge in [0.15, 0.2) is 0 Å². The van der Waals surface area contributed by atoms with E-state index in [-0.39, 0.29) is 11.9 Å². The van der Waals surface area contributed by atoms with Crippen molar-refractivity contribution in [2.75, 3.05) is 6.61 Å². The lowest BCUT2D eigenvalue weighted by Crippen LogP contribution is -2.40. The molecular weight excluding hydrogens is 244 g/mol. The van der Waals surface area contributed by atoms with Crippen LogP contribution in [0.2, 0.25) is 0 Å². The molecule has 0 aromatic rings. The molecule has 1 aliphatic rings. The second-order valence-electron chi connectivity index (χ2n) is 6.17. The van der Waals surface area contributed by atoms with Gasteiger partial charge in [-0.1, -0.05) is 34.1 Å². The van der Waals surface area contributed by atoms with Gasteiger partial charge in [0, 0.05) is 6.42 Å². The van der Waals surface area contributed by atoms with Gasteiger partial charge in [0.25, 0.3) is 0 Å². The fourth-order valence-electron chi connectivity index (χ4n) is 2.63. The van der Waals surface area contributed by atoms with Crippen LogP contribution in [0, 0.1) is 17.3 Å².